The summed E-state index contributed by atoms with van der Waals surface area (Å²) in [6, 6.07) is 5.32. The van der Waals surface area contributed by atoms with E-state index in [0.717, 1.165) is 10.4 Å². The van der Waals surface area contributed by atoms with E-state index in [0.29, 0.717) is 11.1 Å². The van der Waals surface area contributed by atoms with Gasteiger partial charge in [0.15, 0.2) is 0 Å². The summed E-state index contributed by atoms with van der Waals surface area (Å²) in [6.45, 7) is 3.05. The molecule has 0 amide bonds. The van der Waals surface area contributed by atoms with Crippen LogP contribution >= 0.6 is 0 Å². The molecular formula is C17H20N4O6S2. The average Bonchev–Trinajstić information content (AvgIpc) is 2.70. The number of benzene rings is 1. The van der Waals surface area contributed by atoms with Crippen LogP contribution in [-0.2, 0) is 20.0 Å². The van der Waals surface area contributed by atoms with Crippen molar-refractivity contribution in [3.8, 4) is 0 Å². The number of sulfonamides is 2. The third-order valence-corrected chi connectivity index (χ3v) is 8.81. The lowest BCUT2D eigenvalue weighted by atomic mass is 10.1. The highest BCUT2D eigenvalue weighted by Crippen LogP contribution is 2.29. The number of hydrogen-bond acceptors (Lipinski definition) is 7. The summed E-state index contributed by atoms with van der Waals surface area (Å²) in [5, 5.41) is 11.1. The lowest BCUT2D eigenvalue weighted by Crippen LogP contribution is -2.50. The van der Waals surface area contributed by atoms with E-state index in [9.17, 15) is 26.9 Å². The molecule has 29 heavy (non-hydrogen) atoms. The summed E-state index contributed by atoms with van der Waals surface area (Å²) in [6.07, 6.45) is 2.71. The Morgan fingerprint density at radius 1 is 1.00 bits per heavy atom. The van der Waals surface area contributed by atoms with Crippen molar-refractivity contribution < 1.29 is 21.8 Å². The fourth-order valence-electron chi connectivity index (χ4n) is 3.12. The Hall–Kier alpha value is -2.41. The molecule has 0 atom stereocenters. The summed E-state index contributed by atoms with van der Waals surface area (Å²) in [4.78, 5) is 14.2. The van der Waals surface area contributed by atoms with E-state index in [1.54, 1.807) is 13.8 Å². The van der Waals surface area contributed by atoms with Crippen LogP contribution in [0.3, 0.4) is 0 Å². The summed E-state index contributed by atoms with van der Waals surface area (Å²) < 4.78 is 53.9. The third-order valence-electron chi connectivity index (χ3n) is 4.90. The molecule has 1 fully saturated rings. The number of nitro groups is 1. The van der Waals surface area contributed by atoms with E-state index >= 15 is 0 Å². The maximum Gasteiger partial charge on any atom is 0.271 e. The topological polar surface area (TPSA) is 131 Å². The van der Waals surface area contributed by atoms with Crippen LogP contribution in [-0.4, -0.2) is 61.5 Å². The molecule has 0 spiro atoms. The second-order valence-electron chi connectivity index (χ2n) is 6.64. The average molecular weight is 441 g/mol. The van der Waals surface area contributed by atoms with E-state index in [4.69, 9.17) is 0 Å². The minimum absolute atomic E-state index is 0.0244. The number of aryl methyl sites for hydroxylation is 1. The Kier molecular flexibility index (Phi) is 5.72. The SMILES string of the molecule is Cc1cc([N+](=O)[O-])cc(S(=O)(=O)N2CCN(S(=O)(=O)c3cccnc3)CC2)c1C. The first-order chi connectivity index (χ1) is 13.5. The van der Waals surface area contributed by atoms with Gasteiger partial charge >= 0.3 is 0 Å². The van der Waals surface area contributed by atoms with Crippen molar-refractivity contribution in [1.29, 1.82) is 0 Å². The van der Waals surface area contributed by atoms with E-state index in [-0.39, 0.29) is 41.7 Å². The van der Waals surface area contributed by atoms with Gasteiger partial charge in [0, 0.05) is 50.7 Å². The molecule has 1 aromatic carbocycles. The van der Waals surface area contributed by atoms with Crippen molar-refractivity contribution in [2.75, 3.05) is 26.2 Å². The summed E-state index contributed by atoms with van der Waals surface area (Å²) >= 11 is 0. The van der Waals surface area contributed by atoms with Crippen LogP contribution in [0.25, 0.3) is 0 Å². The minimum Gasteiger partial charge on any atom is -0.263 e. The van der Waals surface area contributed by atoms with Gasteiger partial charge < -0.3 is 0 Å². The normalized spacial score (nSPS) is 16.6. The Morgan fingerprint density at radius 3 is 2.10 bits per heavy atom. The van der Waals surface area contributed by atoms with Gasteiger partial charge in [0.1, 0.15) is 4.90 Å². The summed E-state index contributed by atoms with van der Waals surface area (Å²) in [5.74, 6) is 0. The van der Waals surface area contributed by atoms with Crippen molar-refractivity contribution in [1.82, 2.24) is 13.6 Å². The van der Waals surface area contributed by atoms with Crippen LogP contribution in [0.1, 0.15) is 11.1 Å². The van der Waals surface area contributed by atoms with Gasteiger partial charge in [0.2, 0.25) is 20.0 Å². The molecule has 0 N–H and O–H groups in total. The maximum atomic E-state index is 13.1. The van der Waals surface area contributed by atoms with Gasteiger partial charge in [-0.05, 0) is 37.1 Å². The van der Waals surface area contributed by atoms with Crippen molar-refractivity contribution in [2.45, 2.75) is 23.6 Å². The highest BCUT2D eigenvalue weighted by atomic mass is 32.2. The van der Waals surface area contributed by atoms with Gasteiger partial charge in [-0.15, -0.1) is 0 Å². The molecule has 2 heterocycles. The van der Waals surface area contributed by atoms with Crippen molar-refractivity contribution >= 4 is 25.7 Å². The first-order valence-corrected chi connectivity index (χ1v) is 11.6. The van der Waals surface area contributed by atoms with Crippen molar-refractivity contribution in [3.05, 3.63) is 57.9 Å². The maximum absolute atomic E-state index is 13.1. The molecule has 10 nitrogen and oxygen atoms in total. The Morgan fingerprint density at radius 2 is 1.59 bits per heavy atom. The van der Waals surface area contributed by atoms with Crippen LogP contribution in [0, 0.1) is 24.0 Å². The predicted octanol–water partition coefficient (Wildman–Crippen LogP) is 1.30. The zero-order chi connectivity index (χ0) is 21.4. The number of piperazine rings is 1. The zero-order valence-corrected chi connectivity index (χ0v) is 17.5. The summed E-state index contributed by atoms with van der Waals surface area (Å²) in [5.41, 5.74) is 0.626. The molecule has 0 aliphatic carbocycles. The number of nitro benzene ring substituents is 1. The van der Waals surface area contributed by atoms with E-state index in [2.05, 4.69) is 4.98 Å². The number of pyridine rings is 1. The van der Waals surface area contributed by atoms with Gasteiger partial charge in [-0.2, -0.15) is 8.61 Å². The number of aromatic nitrogens is 1. The van der Waals surface area contributed by atoms with Gasteiger partial charge in [0.25, 0.3) is 5.69 Å². The molecule has 0 saturated carbocycles. The Labute approximate surface area is 169 Å². The molecule has 2 aromatic rings. The van der Waals surface area contributed by atoms with Crippen LogP contribution < -0.4 is 0 Å². The largest absolute Gasteiger partial charge is 0.271 e. The second-order valence-corrected chi connectivity index (χ2v) is 10.5. The highest BCUT2D eigenvalue weighted by Gasteiger charge is 2.35. The molecule has 1 aliphatic rings. The minimum atomic E-state index is -4.01. The quantitative estimate of drug-likeness (QED) is 0.506. The van der Waals surface area contributed by atoms with E-state index in [1.165, 1.54) is 34.9 Å². The zero-order valence-electron chi connectivity index (χ0n) is 15.8. The Balaban J connectivity index is 1.85. The monoisotopic (exact) mass is 440 g/mol. The number of hydrogen-bond donors (Lipinski definition) is 0. The van der Waals surface area contributed by atoms with E-state index < -0.39 is 25.0 Å². The van der Waals surface area contributed by atoms with Crippen LogP contribution in [0.2, 0.25) is 0 Å². The molecule has 1 aromatic heterocycles. The molecule has 0 unspecified atom stereocenters. The second kappa shape index (κ2) is 7.78. The lowest BCUT2D eigenvalue weighted by molar-refractivity contribution is -0.385. The fraction of sp³-hybridized carbons (Fsp3) is 0.353. The Bertz CT molecular complexity index is 1140. The lowest BCUT2D eigenvalue weighted by Gasteiger charge is -2.33. The van der Waals surface area contributed by atoms with Gasteiger partial charge in [-0.25, -0.2) is 16.8 Å². The van der Waals surface area contributed by atoms with E-state index in [1.807, 2.05) is 0 Å². The van der Waals surface area contributed by atoms with Crippen LogP contribution in [0.5, 0.6) is 0 Å². The molecule has 3 rings (SSSR count). The van der Waals surface area contributed by atoms with Gasteiger partial charge in [0.05, 0.1) is 9.82 Å². The fourth-order valence-corrected chi connectivity index (χ4v) is 6.25. The predicted molar refractivity (Wildman–Crippen MR) is 104 cm³/mol. The molecule has 156 valence electrons. The third kappa shape index (κ3) is 4.01. The van der Waals surface area contributed by atoms with Crippen LogP contribution in [0.4, 0.5) is 5.69 Å². The van der Waals surface area contributed by atoms with Crippen LogP contribution in [0.15, 0.2) is 46.5 Å². The molecule has 0 radical (unpaired) electrons. The number of rotatable bonds is 5. The molecule has 0 bridgehead atoms. The summed E-state index contributed by atoms with van der Waals surface area (Å²) in [7, 11) is -7.78. The molecule has 12 heteroatoms. The smallest absolute Gasteiger partial charge is 0.263 e. The number of non-ortho nitro benzene ring substituents is 1. The molecule has 1 saturated heterocycles. The molecular weight excluding hydrogens is 420 g/mol. The van der Waals surface area contributed by atoms with Crippen molar-refractivity contribution in [2.24, 2.45) is 0 Å². The molecule has 1 aliphatic heterocycles. The van der Waals surface area contributed by atoms with Gasteiger partial charge in [-0.3, -0.25) is 15.1 Å². The highest BCUT2D eigenvalue weighted by molar-refractivity contribution is 7.89. The number of nitrogens with zero attached hydrogens (tertiary/aromatic N) is 4. The first-order valence-electron chi connectivity index (χ1n) is 8.71. The van der Waals surface area contributed by atoms with Crippen molar-refractivity contribution in [3.63, 3.8) is 0 Å². The first kappa shape index (κ1) is 21.3. The van der Waals surface area contributed by atoms with Gasteiger partial charge in [-0.1, -0.05) is 0 Å². The standard InChI is InChI=1S/C17H20N4O6S2/c1-13-10-15(21(22)23)11-17(14(13)2)29(26,27)20-8-6-19(7-9-20)28(24,25)16-4-3-5-18-12-16/h3-5,10-12H,6-9H2,1-2H3.